The van der Waals surface area contributed by atoms with Crippen LogP contribution < -0.4 is 0 Å². The van der Waals surface area contributed by atoms with E-state index in [1.54, 1.807) is 0 Å². The summed E-state index contributed by atoms with van der Waals surface area (Å²) >= 11 is 0. The van der Waals surface area contributed by atoms with Gasteiger partial charge in [0, 0.05) is 12.3 Å². The standard InChI is InChI=1S/C11H18O/c1-2-11-7-3-5-9(11)10(12)6-4-8-11/h9H,2-8H2,1H3. The molecule has 0 amide bonds. The fourth-order valence-corrected chi connectivity index (χ4v) is 3.33. The molecule has 0 aromatic carbocycles. The van der Waals surface area contributed by atoms with E-state index in [-0.39, 0.29) is 0 Å². The lowest BCUT2D eigenvalue weighted by Crippen LogP contribution is -2.34. The van der Waals surface area contributed by atoms with Crippen LogP contribution in [0.25, 0.3) is 0 Å². The third-order valence-corrected chi connectivity index (χ3v) is 4.10. The molecule has 0 aromatic rings. The first-order valence-electron chi connectivity index (χ1n) is 5.31. The number of carbonyl (C=O) groups is 1. The number of carbonyl (C=O) groups excluding carboxylic acids is 1. The van der Waals surface area contributed by atoms with Crippen molar-refractivity contribution in [3.05, 3.63) is 0 Å². The normalized spacial score (nSPS) is 41.4. The maximum Gasteiger partial charge on any atom is 0.136 e. The highest BCUT2D eigenvalue weighted by Crippen LogP contribution is 2.52. The highest BCUT2D eigenvalue weighted by atomic mass is 16.1. The highest BCUT2D eigenvalue weighted by molar-refractivity contribution is 5.82. The Hall–Kier alpha value is -0.330. The predicted octanol–water partition coefficient (Wildman–Crippen LogP) is 2.94. The third kappa shape index (κ3) is 1.02. The quantitative estimate of drug-likeness (QED) is 0.585. The Morgan fingerprint density at radius 3 is 2.83 bits per heavy atom. The molecule has 68 valence electrons. The van der Waals surface area contributed by atoms with Gasteiger partial charge in [-0.05, 0) is 37.5 Å². The van der Waals surface area contributed by atoms with Crippen molar-refractivity contribution in [2.24, 2.45) is 11.3 Å². The van der Waals surface area contributed by atoms with Crippen LogP contribution >= 0.6 is 0 Å². The number of Topliss-reactive ketones (excluding diaryl/α,β-unsaturated/α-hetero) is 1. The van der Waals surface area contributed by atoms with Gasteiger partial charge in [0.15, 0.2) is 0 Å². The number of hydrogen-bond acceptors (Lipinski definition) is 1. The van der Waals surface area contributed by atoms with Crippen LogP contribution in [0.3, 0.4) is 0 Å². The van der Waals surface area contributed by atoms with Gasteiger partial charge in [0.2, 0.25) is 0 Å². The van der Waals surface area contributed by atoms with Crippen LogP contribution in [-0.2, 0) is 4.79 Å². The van der Waals surface area contributed by atoms with Crippen molar-refractivity contribution < 1.29 is 4.79 Å². The zero-order chi connectivity index (χ0) is 8.60. The molecule has 0 saturated heterocycles. The summed E-state index contributed by atoms with van der Waals surface area (Å²) in [5.41, 5.74) is 0.454. The van der Waals surface area contributed by atoms with Crippen molar-refractivity contribution >= 4 is 5.78 Å². The van der Waals surface area contributed by atoms with Gasteiger partial charge in [-0.1, -0.05) is 13.3 Å². The molecule has 1 heteroatoms. The molecule has 0 heterocycles. The molecule has 0 spiro atoms. The molecule has 0 bridgehead atoms. The topological polar surface area (TPSA) is 17.1 Å². The Kier molecular flexibility index (Phi) is 1.97. The van der Waals surface area contributed by atoms with E-state index in [0.29, 0.717) is 17.1 Å². The summed E-state index contributed by atoms with van der Waals surface area (Å²) in [5.74, 6) is 1.02. The van der Waals surface area contributed by atoms with E-state index in [2.05, 4.69) is 6.92 Å². The smallest absolute Gasteiger partial charge is 0.136 e. The average Bonchev–Trinajstić information content (AvgIpc) is 2.50. The molecule has 0 aliphatic heterocycles. The van der Waals surface area contributed by atoms with Crippen LogP contribution in [0.15, 0.2) is 0 Å². The van der Waals surface area contributed by atoms with Gasteiger partial charge in [-0.3, -0.25) is 4.79 Å². The summed E-state index contributed by atoms with van der Waals surface area (Å²) in [6, 6.07) is 0. The number of ketones is 1. The van der Waals surface area contributed by atoms with Crippen molar-refractivity contribution in [2.75, 3.05) is 0 Å². The molecule has 0 N–H and O–H groups in total. The molecule has 0 radical (unpaired) electrons. The van der Waals surface area contributed by atoms with E-state index in [0.717, 1.165) is 12.8 Å². The van der Waals surface area contributed by atoms with E-state index in [1.807, 2.05) is 0 Å². The molecule has 0 aromatic heterocycles. The Bertz CT molecular complexity index is 197. The summed E-state index contributed by atoms with van der Waals surface area (Å²) in [7, 11) is 0. The van der Waals surface area contributed by atoms with E-state index in [1.165, 1.54) is 32.1 Å². The minimum Gasteiger partial charge on any atom is -0.299 e. The second-order valence-corrected chi connectivity index (χ2v) is 4.48. The van der Waals surface area contributed by atoms with E-state index < -0.39 is 0 Å². The fourth-order valence-electron chi connectivity index (χ4n) is 3.33. The second kappa shape index (κ2) is 2.86. The lowest BCUT2D eigenvalue weighted by molar-refractivity contribution is -0.129. The highest BCUT2D eigenvalue weighted by Gasteiger charge is 2.46. The lowest BCUT2D eigenvalue weighted by atomic mass is 9.66. The van der Waals surface area contributed by atoms with Gasteiger partial charge < -0.3 is 0 Å². The van der Waals surface area contributed by atoms with Gasteiger partial charge >= 0.3 is 0 Å². The SMILES string of the molecule is CCC12CCCC(=O)C1CCC2. The maximum absolute atomic E-state index is 11.6. The minimum atomic E-state index is 0.454. The van der Waals surface area contributed by atoms with Crippen LogP contribution in [0.2, 0.25) is 0 Å². The van der Waals surface area contributed by atoms with Crippen LogP contribution in [0.1, 0.15) is 51.9 Å². The van der Waals surface area contributed by atoms with Crippen molar-refractivity contribution in [2.45, 2.75) is 51.9 Å². The molecule has 2 unspecified atom stereocenters. The summed E-state index contributed by atoms with van der Waals surface area (Å²) < 4.78 is 0. The van der Waals surface area contributed by atoms with E-state index >= 15 is 0 Å². The zero-order valence-corrected chi connectivity index (χ0v) is 7.94. The summed E-state index contributed by atoms with van der Waals surface area (Å²) in [5, 5.41) is 0. The maximum atomic E-state index is 11.6. The van der Waals surface area contributed by atoms with Crippen LogP contribution in [-0.4, -0.2) is 5.78 Å². The largest absolute Gasteiger partial charge is 0.299 e. The number of fused-ring (bicyclic) bond motifs is 1. The van der Waals surface area contributed by atoms with Crippen LogP contribution in [0.5, 0.6) is 0 Å². The van der Waals surface area contributed by atoms with Crippen molar-refractivity contribution in [3.63, 3.8) is 0 Å². The van der Waals surface area contributed by atoms with Crippen molar-refractivity contribution in [1.29, 1.82) is 0 Å². The van der Waals surface area contributed by atoms with Crippen LogP contribution in [0, 0.1) is 11.3 Å². The molecule has 1 nitrogen and oxygen atoms in total. The summed E-state index contributed by atoms with van der Waals surface area (Å²) in [6.45, 7) is 2.26. The molecule has 2 aliphatic rings. The molecule has 2 saturated carbocycles. The Morgan fingerprint density at radius 2 is 2.17 bits per heavy atom. The number of hydrogen-bond donors (Lipinski definition) is 0. The van der Waals surface area contributed by atoms with Gasteiger partial charge in [0.25, 0.3) is 0 Å². The minimum absolute atomic E-state index is 0.454. The van der Waals surface area contributed by atoms with Gasteiger partial charge in [-0.25, -0.2) is 0 Å². The third-order valence-electron chi connectivity index (χ3n) is 4.10. The Labute approximate surface area is 74.5 Å². The Balaban J connectivity index is 2.22. The molecule has 2 rings (SSSR count). The predicted molar refractivity (Wildman–Crippen MR) is 48.9 cm³/mol. The lowest BCUT2D eigenvalue weighted by Gasteiger charge is -2.37. The first-order valence-corrected chi connectivity index (χ1v) is 5.31. The zero-order valence-electron chi connectivity index (χ0n) is 7.94. The molecular weight excluding hydrogens is 148 g/mol. The van der Waals surface area contributed by atoms with Crippen LogP contribution in [0.4, 0.5) is 0 Å². The summed E-state index contributed by atoms with van der Waals surface area (Å²) in [4.78, 5) is 11.6. The van der Waals surface area contributed by atoms with Crippen molar-refractivity contribution in [3.8, 4) is 0 Å². The average molecular weight is 166 g/mol. The summed E-state index contributed by atoms with van der Waals surface area (Å²) in [6.07, 6.45) is 8.37. The van der Waals surface area contributed by atoms with E-state index in [9.17, 15) is 4.79 Å². The Morgan fingerprint density at radius 1 is 1.42 bits per heavy atom. The van der Waals surface area contributed by atoms with Gasteiger partial charge in [-0.15, -0.1) is 0 Å². The van der Waals surface area contributed by atoms with E-state index in [4.69, 9.17) is 0 Å². The van der Waals surface area contributed by atoms with Gasteiger partial charge in [-0.2, -0.15) is 0 Å². The monoisotopic (exact) mass is 166 g/mol. The first-order chi connectivity index (χ1) is 5.78. The van der Waals surface area contributed by atoms with Gasteiger partial charge in [0.1, 0.15) is 5.78 Å². The second-order valence-electron chi connectivity index (χ2n) is 4.48. The molecule has 2 aliphatic carbocycles. The fraction of sp³-hybridized carbons (Fsp3) is 0.909. The number of rotatable bonds is 1. The molecular formula is C11H18O. The molecule has 2 fully saturated rings. The molecule has 2 atom stereocenters. The van der Waals surface area contributed by atoms with Gasteiger partial charge in [0.05, 0.1) is 0 Å². The molecule has 12 heavy (non-hydrogen) atoms. The van der Waals surface area contributed by atoms with Crippen molar-refractivity contribution in [1.82, 2.24) is 0 Å². The first kappa shape index (κ1) is 8.28.